The fourth-order valence-electron chi connectivity index (χ4n) is 2.84. The second kappa shape index (κ2) is 8.54. The molecule has 1 amide bonds. The van der Waals surface area contributed by atoms with E-state index in [1.54, 1.807) is 38.0 Å². The Bertz CT molecular complexity index is 922. The van der Waals surface area contributed by atoms with Crippen molar-refractivity contribution in [3.8, 4) is 5.75 Å². The number of aryl methyl sites for hydroxylation is 3. The molecule has 1 N–H and O–H groups in total. The predicted molar refractivity (Wildman–Crippen MR) is 107 cm³/mol. The number of amides is 1. The summed E-state index contributed by atoms with van der Waals surface area (Å²) in [5.41, 5.74) is 3.18. The number of methoxy groups -OCH3 is 1. The van der Waals surface area contributed by atoms with E-state index >= 15 is 0 Å². The van der Waals surface area contributed by atoms with Crippen LogP contribution in [0.3, 0.4) is 0 Å². The number of anilines is 1. The molecule has 27 heavy (non-hydrogen) atoms. The zero-order chi connectivity index (χ0) is 20.2. The highest BCUT2D eigenvalue weighted by Gasteiger charge is 2.19. The van der Waals surface area contributed by atoms with E-state index in [4.69, 9.17) is 4.74 Å². The van der Waals surface area contributed by atoms with Gasteiger partial charge in [0.15, 0.2) is 0 Å². The Labute approximate surface area is 161 Å². The molecular formula is C20H26N2O4S. The van der Waals surface area contributed by atoms with Crippen LogP contribution in [0.15, 0.2) is 41.3 Å². The van der Waals surface area contributed by atoms with Crippen LogP contribution in [0, 0.1) is 20.8 Å². The Hall–Kier alpha value is -2.38. The normalized spacial score (nSPS) is 11.3. The second-order valence-electron chi connectivity index (χ2n) is 6.49. The van der Waals surface area contributed by atoms with Gasteiger partial charge in [0.1, 0.15) is 5.75 Å². The molecule has 2 aromatic rings. The van der Waals surface area contributed by atoms with E-state index in [-0.39, 0.29) is 23.9 Å². The molecule has 0 aliphatic carbocycles. The summed E-state index contributed by atoms with van der Waals surface area (Å²) < 4.78 is 33.2. The van der Waals surface area contributed by atoms with Crippen LogP contribution in [0.5, 0.6) is 5.75 Å². The first-order valence-electron chi connectivity index (χ1n) is 8.65. The van der Waals surface area contributed by atoms with Crippen LogP contribution in [-0.4, -0.2) is 34.5 Å². The van der Waals surface area contributed by atoms with E-state index < -0.39 is 10.0 Å². The van der Waals surface area contributed by atoms with Crippen LogP contribution in [0.1, 0.15) is 23.6 Å². The molecule has 6 nitrogen and oxygen atoms in total. The first-order valence-corrected chi connectivity index (χ1v) is 10.1. The van der Waals surface area contributed by atoms with Crippen molar-refractivity contribution in [2.24, 2.45) is 0 Å². The zero-order valence-corrected chi connectivity index (χ0v) is 17.2. The molecule has 0 unspecified atom stereocenters. The van der Waals surface area contributed by atoms with Crippen molar-refractivity contribution in [2.75, 3.05) is 25.1 Å². The summed E-state index contributed by atoms with van der Waals surface area (Å²) in [6.45, 7) is 7.31. The predicted octanol–water partition coefficient (Wildman–Crippen LogP) is 2.95. The van der Waals surface area contributed by atoms with E-state index in [0.29, 0.717) is 11.3 Å². The third kappa shape index (κ3) is 5.08. The quantitative estimate of drug-likeness (QED) is 0.789. The molecule has 2 aromatic carbocycles. The number of carbonyl (C=O) groups excluding carboxylic acids is 1. The summed E-state index contributed by atoms with van der Waals surface area (Å²) in [5, 5.41) is 0. The summed E-state index contributed by atoms with van der Waals surface area (Å²) in [6.07, 6.45) is 0. The van der Waals surface area contributed by atoms with Crippen molar-refractivity contribution >= 4 is 21.6 Å². The van der Waals surface area contributed by atoms with Gasteiger partial charge in [0.2, 0.25) is 15.9 Å². The number of nitrogens with one attached hydrogen (secondary N) is 1. The molecule has 0 aromatic heterocycles. The smallest absolute Gasteiger partial charge is 0.240 e. The Morgan fingerprint density at radius 2 is 1.70 bits per heavy atom. The SMILES string of the molecule is COc1cc(C)c(S(=O)(=O)NCCN(C(C)=O)c2ccc(C)cc2)cc1C. The molecule has 0 aliphatic rings. The van der Waals surface area contributed by atoms with Gasteiger partial charge >= 0.3 is 0 Å². The summed E-state index contributed by atoms with van der Waals surface area (Å²) in [7, 11) is -2.14. The van der Waals surface area contributed by atoms with Gasteiger partial charge in [0.25, 0.3) is 0 Å². The van der Waals surface area contributed by atoms with Crippen LogP contribution < -0.4 is 14.4 Å². The molecule has 0 bridgehead atoms. The van der Waals surface area contributed by atoms with Crippen molar-refractivity contribution in [1.82, 2.24) is 4.72 Å². The van der Waals surface area contributed by atoms with Crippen LogP contribution in [-0.2, 0) is 14.8 Å². The van der Waals surface area contributed by atoms with Gasteiger partial charge in [0, 0.05) is 25.7 Å². The van der Waals surface area contributed by atoms with Crippen molar-refractivity contribution in [1.29, 1.82) is 0 Å². The first-order chi connectivity index (χ1) is 12.7. The van der Waals surface area contributed by atoms with Gasteiger partial charge in [-0.3, -0.25) is 4.79 Å². The minimum Gasteiger partial charge on any atom is -0.496 e. The Balaban J connectivity index is 2.13. The standard InChI is InChI=1S/C20H26N2O4S/c1-14-6-8-18(9-7-14)22(17(4)23)11-10-21-27(24,25)20-13-15(2)19(26-5)12-16(20)3/h6-9,12-13,21H,10-11H2,1-5H3. The summed E-state index contributed by atoms with van der Waals surface area (Å²) in [5.74, 6) is 0.503. The monoisotopic (exact) mass is 390 g/mol. The van der Waals surface area contributed by atoms with Gasteiger partial charge in [-0.25, -0.2) is 13.1 Å². The zero-order valence-electron chi connectivity index (χ0n) is 16.4. The van der Waals surface area contributed by atoms with Gasteiger partial charge in [-0.15, -0.1) is 0 Å². The minimum absolute atomic E-state index is 0.111. The molecule has 0 fully saturated rings. The maximum atomic E-state index is 12.7. The van der Waals surface area contributed by atoms with E-state index in [2.05, 4.69) is 4.72 Å². The van der Waals surface area contributed by atoms with Crippen molar-refractivity contribution in [3.05, 3.63) is 53.1 Å². The van der Waals surface area contributed by atoms with Gasteiger partial charge < -0.3 is 9.64 Å². The number of hydrogen-bond donors (Lipinski definition) is 1. The molecule has 0 spiro atoms. The minimum atomic E-state index is -3.69. The largest absolute Gasteiger partial charge is 0.496 e. The summed E-state index contributed by atoms with van der Waals surface area (Å²) in [4.78, 5) is 13.7. The number of hydrogen-bond acceptors (Lipinski definition) is 4. The number of sulfonamides is 1. The van der Waals surface area contributed by atoms with Crippen LogP contribution in [0.2, 0.25) is 0 Å². The highest BCUT2D eigenvalue weighted by atomic mass is 32.2. The highest BCUT2D eigenvalue weighted by molar-refractivity contribution is 7.89. The molecule has 2 rings (SSSR count). The Morgan fingerprint density at radius 3 is 2.26 bits per heavy atom. The van der Waals surface area contributed by atoms with Gasteiger partial charge in [-0.1, -0.05) is 17.7 Å². The average Bonchev–Trinajstić information content (AvgIpc) is 2.61. The van der Waals surface area contributed by atoms with E-state index in [9.17, 15) is 13.2 Å². The number of rotatable bonds is 7. The lowest BCUT2D eigenvalue weighted by molar-refractivity contribution is -0.116. The number of benzene rings is 2. The van der Waals surface area contributed by atoms with Gasteiger partial charge in [-0.05, 0) is 56.2 Å². The summed E-state index contributed by atoms with van der Waals surface area (Å²) >= 11 is 0. The number of nitrogens with zero attached hydrogens (tertiary/aromatic N) is 1. The molecule has 0 saturated carbocycles. The molecule has 0 saturated heterocycles. The third-order valence-corrected chi connectivity index (χ3v) is 5.94. The average molecular weight is 391 g/mol. The highest BCUT2D eigenvalue weighted by Crippen LogP contribution is 2.25. The van der Waals surface area contributed by atoms with Crippen LogP contribution in [0.25, 0.3) is 0 Å². The topological polar surface area (TPSA) is 75.7 Å². The van der Waals surface area contributed by atoms with Gasteiger partial charge in [0.05, 0.1) is 12.0 Å². The fourth-order valence-corrected chi connectivity index (χ4v) is 4.17. The lowest BCUT2D eigenvalue weighted by Gasteiger charge is -2.22. The molecule has 0 atom stereocenters. The van der Waals surface area contributed by atoms with Crippen molar-refractivity contribution < 1.29 is 17.9 Å². The summed E-state index contributed by atoms with van der Waals surface area (Å²) in [6, 6.07) is 10.8. The van der Waals surface area contributed by atoms with Crippen molar-refractivity contribution in [2.45, 2.75) is 32.6 Å². The van der Waals surface area contributed by atoms with E-state index in [1.807, 2.05) is 31.2 Å². The fraction of sp³-hybridized carbons (Fsp3) is 0.350. The van der Waals surface area contributed by atoms with Gasteiger partial charge in [-0.2, -0.15) is 0 Å². The molecule has 0 radical (unpaired) electrons. The van der Waals surface area contributed by atoms with E-state index in [1.165, 1.54) is 6.92 Å². The number of ether oxygens (including phenoxy) is 1. The number of carbonyl (C=O) groups is 1. The van der Waals surface area contributed by atoms with E-state index in [0.717, 1.165) is 16.8 Å². The second-order valence-corrected chi connectivity index (χ2v) is 8.23. The van der Waals surface area contributed by atoms with Crippen LogP contribution >= 0.6 is 0 Å². The maximum absolute atomic E-state index is 12.7. The Morgan fingerprint density at radius 1 is 1.07 bits per heavy atom. The lowest BCUT2D eigenvalue weighted by atomic mass is 10.1. The Kier molecular flexibility index (Phi) is 6.62. The lowest BCUT2D eigenvalue weighted by Crippen LogP contribution is -2.37. The molecule has 0 heterocycles. The third-order valence-electron chi connectivity index (χ3n) is 4.34. The molecular weight excluding hydrogens is 364 g/mol. The van der Waals surface area contributed by atoms with Crippen LogP contribution in [0.4, 0.5) is 5.69 Å². The molecule has 7 heteroatoms. The maximum Gasteiger partial charge on any atom is 0.240 e. The molecule has 0 aliphatic heterocycles. The van der Waals surface area contributed by atoms with Crippen molar-refractivity contribution in [3.63, 3.8) is 0 Å². The molecule has 146 valence electrons. The first kappa shape index (κ1) is 20.9.